The van der Waals surface area contributed by atoms with Crippen molar-refractivity contribution < 1.29 is 4.74 Å². The summed E-state index contributed by atoms with van der Waals surface area (Å²) in [4.78, 5) is 1.35. The van der Waals surface area contributed by atoms with E-state index in [0.717, 1.165) is 12.3 Å². The lowest BCUT2D eigenvalue weighted by Crippen LogP contribution is -2.22. The summed E-state index contributed by atoms with van der Waals surface area (Å²) in [5.74, 6) is 0.915. The van der Waals surface area contributed by atoms with E-state index in [4.69, 9.17) is 4.74 Å². The van der Waals surface area contributed by atoms with E-state index in [1.165, 1.54) is 21.6 Å². The van der Waals surface area contributed by atoms with Crippen molar-refractivity contribution in [1.82, 2.24) is 5.32 Å². The monoisotopic (exact) mass is 275 g/mol. The van der Waals surface area contributed by atoms with Crippen LogP contribution in [0.4, 0.5) is 0 Å². The second kappa shape index (κ2) is 6.22. The summed E-state index contributed by atoms with van der Waals surface area (Å²) in [5, 5.41) is 5.63. The number of hydrogen-bond acceptors (Lipinski definition) is 3. The Bertz CT molecular complexity index is 545. The molecule has 0 aliphatic carbocycles. The van der Waals surface area contributed by atoms with Gasteiger partial charge >= 0.3 is 0 Å². The van der Waals surface area contributed by atoms with Gasteiger partial charge in [-0.25, -0.2) is 0 Å². The van der Waals surface area contributed by atoms with Crippen LogP contribution < -0.4 is 10.1 Å². The van der Waals surface area contributed by atoms with Gasteiger partial charge in [-0.15, -0.1) is 11.3 Å². The molecule has 1 N–H and O–H groups in total. The van der Waals surface area contributed by atoms with Crippen molar-refractivity contribution in [1.29, 1.82) is 0 Å². The summed E-state index contributed by atoms with van der Waals surface area (Å²) < 4.78 is 5.34. The Morgan fingerprint density at radius 2 is 2.05 bits per heavy atom. The van der Waals surface area contributed by atoms with Gasteiger partial charge in [0.25, 0.3) is 0 Å². The Morgan fingerprint density at radius 1 is 1.26 bits per heavy atom. The number of aryl methyl sites for hydroxylation is 1. The fourth-order valence-electron chi connectivity index (χ4n) is 2.03. The highest BCUT2D eigenvalue weighted by atomic mass is 32.1. The molecule has 2 rings (SSSR count). The zero-order valence-corrected chi connectivity index (χ0v) is 12.8. The van der Waals surface area contributed by atoms with Gasteiger partial charge in [-0.05, 0) is 53.3 Å². The van der Waals surface area contributed by atoms with E-state index in [1.807, 2.05) is 6.07 Å². The normalized spacial score (nSPS) is 11.0. The minimum atomic E-state index is 0.475. The zero-order valence-electron chi connectivity index (χ0n) is 12.0. The second-order valence-corrected chi connectivity index (χ2v) is 5.91. The Morgan fingerprint density at radius 3 is 2.63 bits per heavy atom. The van der Waals surface area contributed by atoms with Crippen LogP contribution in [0.2, 0.25) is 0 Å². The highest BCUT2D eigenvalue weighted by molar-refractivity contribution is 7.13. The lowest BCUT2D eigenvalue weighted by atomic mass is 10.0. The zero-order chi connectivity index (χ0) is 13.8. The molecule has 1 aromatic heterocycles. The molecule has 0 amide bonds. The van der Waals surface area contributed by atoms with Crippen LogP contribution in [0.5, 0.6) is 5.75 Å². The van der Waals surface area contributed by atoms with E-state index < -0.39 is 0 Å². The molecule has 19 heavy (non-hydrogen) atoms. The first-order valence-electron chi connectivity index (χ1n) is 6.56. The third kappa shape index (κ3) is 3.37. The molecule has 0 saturated carbocycles. The van der Waals surface area contributed by atoms with Crippen LogP contribution in [0.15, 0.2) is 29.6 Å². The topological polar surface area (TPSA) is 21.3 Å². The highest BCUT2D eigenvalue weighted by Crippen LogP contribution is 2.33. The molecule has 1 heterocycles. The predicted molar refractivity (Wildman–Crippen MR) is 83.0 cm³/mol. The fourth-order valence-corrected chi connectivity index (χ4v) is 3.02. The number of nitrogens with one attached hydrogen (secondary N) is 1. The van der Waals surface area contributed by atoms with Gasteiger partial charge in [-0.1, -0.05) is 13.8 Å². The average molecular weight is 275 g/mol. The summed E-state index contributed by atoms with van der Waals surface area (Å²) in [7, 11) is 1.71. The second-order valence-electron chi connectivity index (χ2n) is 4.99. The fraction of sp³-hybridized carbons (Fsp3) is 0.375. The lowest BCUT2D eigenvalue weighted by molar-refractivity contribution is 0.414. The van der Waals surface area contributed by atoms with Gasteiger partial charge in [-0.2, -0.15) is 0 Å². The molecular weight excluding hydrogens is 254 g/mol. The van der Waals surface area contributed by atoms with Crippen molar-refractivity contribution in [3.8, 4) is 16.2 Å². The van der Waals surface area contributed by atoms with Crippen molar-refractivity contribution in [3.05, 3.63) is 40.8 Å². The smallest absolute Gasteiger partial charge is 0.119 e. The Hall–Kier alpha value is -1.32. The molecule has 0 atom stereocenters. The molecule has 1 aromatic carbocycles. The summed E-state index contributed by atoms with van der Waals surface area (Å²) in [6.45, 7) is 7.35. The van der Waals surface area contributed by atoms with Crippen LogP contribution >= 0.6 is 11.3 Å². The summed E-state index contributed by atoms with van der Waals surface area (Å²) in [6.07, 6.45) is 0. The number of ether oxygens (including phenoxy) is 1. The van der Waals surface area contributed by atoms with Crippen molar-refractivity contribution in [2.45, 2.75) is 33.4 Å². The maximum atomic E-state index is 5.34. The average Bonchev–Trinajstić information content (AvgIpc) is 2.82. The van der Waals surface area contributed by atoms with Gasteiger partial charge in [0.1, 0.15) is 5.75 Å². The molecule has 0 radical (unpaired) electrons. The van der Waals surface area contributed by atoms with Gasteiger partial charge in [0.2, 0.25) is 0 Å². The molecule has 0 spiro atoms. The van der Waals surface area contributed by atoms with Crippen LogP contribution in [0.3, 0.4) is 0 Å². The summed E-state index contributed by atoms with van der Waals surface area (Å²) >= 11 is 1.80. The Labute approximate surface area is 119 Å². The summed E-state index contributed by atoms with van der Waals surface area (Å²) in [6, 6.07) is 8.97. The van der Waals surface area contributed by atoms with Crippen LogP contribution in [0.1, 0.15) is 25.0 Å². The van der Waals surface area contributed by atoms with Crippen molar-refractivity contribution >= 4 is 11.3 Å². The number of benzene rings is 1. The van der Waals surface area contributed by atoms with E-state index in [9.17, 15) is 0 Å². The van der Waals surface area contributed by atoms with Crippen molar-refractivity contribution in [3.63, 3.8) is 0 Å². The van der Waals surface area contributed by atoms with Crippen LogP contribution in [0, 0.1) is 6.92 Å². The van der Waals surface area contributed by atoms with Gasteiger partial charge in [0, 0.05) is 17.5 Å². The molecule has 0 aliphatic rings. The molecule has 3 heteroatoms. The van der Waals surface area contributed by atoms with E-state index in [-0.39, 0.29) is 0 Å². The lowest BCUT2D eigenvalue weighted by Gasteiger charge is -2.14. The van der Waals surface area contributed by atoms with Gasteiger partial charge in [-0.3, -0.25) is 0 Å². The largest absolute Gasteiger partial charge is 0.497 e. The van der Waals surface area contributed by atoms with E-state index >= 15 is 0 Å². The molecule has 2 nitrogen and oxygen atoms in total. The van der Waals surface area contributed by atoms with Crippen LogP contribution in [0.25, 0.3) is 10.4 Å². The first kappa shape index (κ1) is 14.1. The molecule has 0 saturated heterocycles. The third-order valence-electron chi connectivity index (χ3n) is 3.12. The van der Waals surface area contributed by atoms with Crippen molar-refractivity contribution in [2.24, 2.45) is 0 Å². The molecule has 0 aliphatic heterocycles. The van der Waals surface area contributed by atoms with Gasteiger partial charge < -0.3 is 10.1 Å². The quantitative estimate of drug-likeness (QED) is 0.881. The standard InChI is InChI=1S/C16H21NOS/c1-11(2)17-10-13-9-14(18-4)5-6-15(13)16-12(3)7-8-19-16/h5-9,11,17H,10H2,1-4H3. The number of thiophene rings is 1. The number of hydrogen-bond donors (Lipinski definition) is 1. The van der Waals surface area contributed by atoms with Gasteiger partial charge in [0.05, 0.1) is 7.11 Å². The maximum absolute atomic E-state index is 5.34. The third-order valence-corrected chi connectivity index (χ3v) is 4.17. The minimum Gasteiger partial charge on any atom is -0.497 e. The van der Waals surface area contributed by atoms with E-state index in [1.54, 1.807) is 18.4 Å². The Balaban J connectivity index is 2.39. The minimum absolute atomic E-state index is 0.475. The first-order chi connectivity index (χ1) is 9.11. The molecule has 0 bridgehead atoms. The molecule has 0 fully saturated rings. The molecule has 0 unspecified atom stereocenters. The maximum Gasteiger partial charge on any atom is 0.119 e. The van der Waals surface area contributed by atoms with Crippen LogP contribution in [-0.4, -0.2) is 13.2 Å². The number of methoxy groups -OCH3 is 1. The predicted octanol–water partition coefficient (Wildman–Crippen LogP) is 4.23. The SMILES string of the molecule is COc1ccc(-c2sccc2C)c(CNC(C)C)c1. The van der Waals surface area contributed by atoms with E-state index in [0.29, 0.717) is 6.04 Å². The Kier molecular flexibility index (Phi) is 4.61. The van der Waals surface area contributed by atoms with E-state index in [2.05, 4.69) is 49.7 Å². The summed E-state index contributed by atoms with van der Waals surface area (Å²) in [5.41, 5.74) is 3.93. The molecule has 2 aromatic rings. The van der Waals surface area contributed by atoms with Gasteiger partial charge in [0.15, 0.2) is 0 Å². The number of rotatable bonds is 5. The molecule has 102 valence electrons. The van der Waals surface area contributed by atoms with Crippen LogP contribution in [-0.2, 0) is 6.54 Å². The first-order valence-corrected chi connectivity index (χ1v) is 7.44. The van der Waals surface area contributed by atoms with Crippen molar-refractivity contribution in [2.75, 3.05) is 7.11 Å². The molecular formula is C16H21NOS. The highest BCUT2D eigenvalue weighted by Gasteiger charge is 2.10.